The summed E-state index contributed by atoms with van der Waals surface area (Å²) >= 11 is 3.94. The molecule has 68 valence electrons. The van der Waals surface area contributed by atoms with E-state index in [1.165, 1.54) is 12.1 Å². The van der Waals surface area contributed by atoms with Gasteiger partial charge < -0.3 is 4.74 Å². The molecule has 0 spiro atoms. The summed E-state index contributed by atoms with van der Waals surface area (Å²) in [5.74, 6) is 0.247. The Labute approximate surface area is 81.4 Å². The van der Waals surface area contributed by atoms with Crippen molar-refractivity contribution < 1.29 is 9.13 Å². The fourth-order valence-electron chi connectivity index (χ4n) is 0.889. The summed E-state index contributed by atoms with van der Waals surface area (Å²) in [7, 11) is 0. The second-order valence-corrected chi connectivity index (χ2v) is 2.74. The van der Waals surface area contributed by atoms with Crippen molar-refractivity contribution in [1.82, 2.24) is 0 Å². The van der Waals surface area contributed by atoms with Crippen molar-refractivity contribution in [2.75, 3.05) is 12.4 Å². The lowest BCUT2D eigenvalue weighted by molar-refractivity contribution is 0.341. The predicted octanol–water partition coefficient (Wildman–Crippen LogP) is 2.01. The van der Waals surface area contributed by atoms with E-state index in [-0.39, 0.29) is 11.3 Å². The van der Waals surface area contributed by atoms with E-state index >= 15 is 0 Å². The molecular weight excluding hydrogens is 189 g/mol. The third-order valence-corrected chi connectivity index (χ3v) is 1.62. The molecule has 1 rings (SSSR count). The first-order valence-corrected chi connectivity index (χ1v) is 4.35. The topological polar surface area (TPSA) is 33.0 Å². The van der Waals surface area contributed by atoms with Crippen molar-refractivity contribution >= 4 is 12.6 Å². The van der Waals surface area contributed by atoms with E-state index in [1.807, 2.05) is 0 Å². The van der Waals surface area contributed by atoms with E-state index in [4.69, 9.17) is 10.00 Å². The molecule has 0 fully saturated rings. The summed E-state index contributed by atoms with van der Waals surface area (Å²) in [6.45, 7) is 0.362. The maximum Gasteiger partial charge on any atom is 0.144 e. The van der Waals surface area contributed by atoms with Crippen LogP contribution < -0.4 is 4.74 Å². The minimum Gasteiger partial charge on any atom is -0.491 e. The molecule has 0 unspecified atom stereocenters. The molecule has 1 aromatic carbocycles. The summed E-state index contributed by atoms with van der Waals surface area (Å²) < 4.78 is 18.1. The van der Waals surface area contributed by atoms with Crippen LogP contribution in [0, 0.1) is 17.1 Å². The van der Waals surface area contributed by atoms with E-state index in [0.717, 1.165) is 0 Å². The molecule has 4 heteroatoms. The van der Waals surface area contributed by atoms with Gasteiger partial charge in [0, 0.05) is 5.75 Å². The van der Waals surface area contributed by atoms with E-state index in [1.54, 1.807) is 12.1 Å². The van der Waals surface area contributed by atoms with Crippen LogP contribution in [0.1, 0.15) is 5.56 Å². The molecule has 0 radical (unpaired) electrons. The van der Waals surface area contributed by atoms with Crippen molar-refractivity contribution in [3.63, 3.8) is 0 Å². The van der Waals surface area contributed by atoms with E-state index < -0.39 is 5.82 Å². The van der Waals surface area contributed by atoms with Crippen LogP contribution in [0.25, 0.3) is 0 Å². The van der Waals surface area contributed by atoms with Crippen LogP contribution in [-0.2, 0) is 0 Å². The number of hydrogen-bond acceptors (Lipinski definition) is 3. The molecule has 2 nitrogen and oxygen atoms in total. The van der Waals surface area contributed by atoms with Crippen molar-refractivity contribution in [3.05, 3.63) is 29.6 Å². The Morgan fingerprint density at radius 1 is 1.54 bits per heavy atom. The molecule has 0 saturated carbocycles. The van der Waals surface area contributed by atoms with Crippen LogP contribution in [0.2, 0.25) is 0 Å². The standard InChI is InChI=1S/C9H8FNOS/c10-8-2-1-3-9(7(8)6-11)12-4-5-13/h1-3,13H,4-5H2. The largest absolute Gasteiger partial charge is 0.491 e. The minimum atomic E-state index is -0.556. The second-order valence-electron chi connectivity index (χ2n) is 2.30. The number of rotatable bonds is 3. The molecule has 0 aromatic heterocycles. The van der Waals surface area contributed by atoms with Crippen molar-refractivity contribution in [3.8, 4) is 11.8 Å². The monoisotopic (exact) mass is 197 g/mol. The van der Waals surface area contributed by atoms with Gasteiger partial charge in [0.15, 0.2) is 0 Å². The lowest BCUT2D eigenvalue weighted by atomic mass is 10.2. The van der Waals surface area contributed by atoms with Gasteiger partial charge in [-0.15, -0.1) is 0 Å². The van der Waals surface area contributed by atoms with Gasteiger partial charge in [-0.05, 0) is 12.1 Å². The molecule has 0 aliphatic heterocycles. The van der Waals surface area contributed by atoms with E-state index in [9.17, 15) is 4.39 Å². The number of nitrogens with zero attached hydrogens (tertiary/aromatic N) is 1. The predicted molar refractivity (Wildman–Crippen MR) is 50.5 cm³/mol. The maximum absolute atomic E-state index is 13.0. The first kappa shape index (κ1) is 9.87. The zero-order chi connectivity index (χ0) is 9.68. The number of halogens is 1. The molecule has 0 N–H and O–H groups in total. The summed E-state index contributed by atoms with van der Waals surface area (Å²) in [5, 5.41) is 8.61. The van der Waals surface area contributed by atoms with E-state index in [2.05, 4.69) is 12.6 Å². The number of benzene rings is 1. The lowest BCUT2D eigenvalue weighted by Gasteiger charge is -2.05. The third kappa shape index (κ3) is 2.36. The molecule has 0 saturated heterocycles. The highest BCUT2D eigenvalue weighted by Gasteiger charge is 2.07. The molecule has 0 amide bonds. The normalized spacial score (nSPS) is 9.31. The summed E-state index contributed by atoms with van der Waals surface area (Å²) in [6, 6.07) is 6.04. The van der Waals surface area contributed by atoms with Gasteiger partial charge in [-0.25, -0.2) is 4.39 Å². The summed E-state index contributed by atoms with van der Waals surface area (Å²) in [5.41, 5.74) is -0.0516. The number of thiol groups is 1. The van der Waals surface area contributed by atoms with Gasteiger partial charge in [-0.3, -0.25) is 0 Å². The van der Waals surface area contributed by atoms with Gasteiger partial charge in [-0.1, -0.05) is 6.07 Å². The first-order chi connectivity index (χ1) is 6.29. The molecule has 0 heterocycles. The molecule has 0 atom stereocenters. The quantitative estimate of drug-likeness (QED) is 0.752. The van der Waals surface area contributed by atoms with Crippen molar-refractivity contribution in [1.29, 1.82) is 5.26 Å². The Morgan fingerprint density at radius 3 is 2.92 bits per heavy atom. The van der Waals surface area contributed by atoms with Crippen molar-refractivity contribution in [2.45, 2.75) is 0 Å². The Balaban J connectivity index is 2.93. The van der Waals surface area contributed by atoms with Crippen molar-refractivity contribution in [2.24, 2.45) is 0 Å². The van der Waals surface area contributed by atoms with Gasteiger partial charge in [0.1, 0.15) is 23.2 Å². The van der Waals surface area contributed by atoms with Crippen LogP contribution in [0.5, 0.6) is 5.75 Å². The average molecular weight is 197 g/mol. The molecule has 0 bridgehead atoms. The Morgan fingerprint density at radius 2 is 2.31 bits per heavy atom. The fraction of sp³-hybridized carbons (Fsp3) is 0.222. The van der Waals surface area contributed by atoms with Crippen LogP contribution in [0.15, 0.2) is 18.2 Å². The van der Waals surface area contributed by atoms with Crippen LogP contribution in [0.4, 0.5) is 4.39 Å². The first-order valence-electron chi connectivity index (χ1n) is 3.72. The second kappa shape index (κ2) is 4.73. The van der Waals surface area contributed by atoms with Gasteiger partial charge in [-0.2, -0.15) is 17.9 Å². The van der Waals surface area contributed by atoms with E-state index in [0.29, 0.717) is 12.4 Å². The van der Waals surface area contributed by atoms with Gasteiger partial charge in [0.25, 0.3) is 0 Å². The zero-order valence-electron chi connectivity index (χ0n) is 6.83. The highest BCUT2D eigenvalue weighted by atomic mass is 32.1. The third-order valence-electron chi connectivity index (χ3n) is 1.44. The number of hydrogen-bond donors (Lipinski definition) is 1. The van der Waals surface area contributed by atoms with Crippen LogP contribution >= 0.6 is 12.6 Å². The van der Waals surface area contributed by atoms with Gasteiger partial charge in [0.2, 0.25) is 0 Å². The molecular formula is C9H8FNOS. The fourth-order valence-corrected chi connectivity index (χ4v) is 0.980. The Bertz CT molecular complexity index is 335. The molecule has 13 heavy (non-hydrogen) atoms. The highest BCUT2D eigenvalue weighted by molar-refractivity contribution is 7.80. The lowest BCUT2D eigenvalue weighted by Crippen LogP contribution is -2.00. The Hall–Kier alpha value is -1.21. The molecule has 1 aromatic rings. The smallest absolute Gasteiger partial charge is 0.144 e. The number of nitriles is 1. The average Bonchev–Trinajstić information content (AvgIpc) is 2.15. The number of ether oxygens (including phenoxy) is 1. The van der Waals surface area contributed by atoms with Gasteiger partial charge >= 0.3 is 0 Å². The maximum atomic E-state index is 13.0. The van der Waals surface area contributed by atoms with Gasteiger partial charge in [0.05, 0.1) is 6.61 Å². The Kier molecular flexibility index (Phi) is 3.59. The summed E-state index contributed by atoms with van der Waals surface area (Å²) in [4.78, 5) is 0. The van der Waals surface area contributed by atoms with Crippen LogP contribution in [0.3, 0.4) is 0 Å². The van der Waals surface area contributed by atoms with Crippen LogP contribution in [-0.4, -0.2) is 12.4 Å². The molecule has 0 aliphatic rings. The summed E-state index contributed by atoms with van der Waals surface area (Å²) in [6.07, 6.45) is 0. The molecule has 0 aliphatic carbocycles. The SMILES string of the molecule is N#Cc1c(F)cccc1OCCS. The zero-order valence-corrected chi connectivity index (χ0v) is 7.72. The minimum absolute atomic E-state index is 0.0516. The highest BCUT2D eigenvalue weighted by Crippen LogP contribution is 2.19.